The Morgan fingerprint density at radius 3 is 2.68 bits per heavy atom. The molecule has 4 atom stereocenters. The van der Waals surface area contributed by atoms with Crippen molar-refractivity contribution in [3.05, 3.63) is 47.1 Å². The number of hydrogen-bond acceptors (Lipinski definition) is 6. The standard InChI is InChI=1S/C29H37ClN6O/c1-35-10-12-36(13-11-35)20-8-9-23(26(15-20)37-2)28-33-27-22(25(30)17-32-29(27)34-28)5-3-4-21-18-6-7-19(14-18)24(21)16-31/h6-9,15,17-19,21,24H,3-5,10-14,16,31H2,1-2H3,(H,32,33,34). The second-order valence-corrected chi connectivity index (χ2v) is 11.4. The summed E-state index contributed by atoms with van der Waals surface area (Å²) in [5, 5.41) is 0.697. The summed E-state index contributed by atoms with van der Waals surface area (Å²) in [7, 11) is 3.89. The number of hydrogen-bond donors (Lipinski definition) is 2. The second-order valence-electron chi connectivity index (χ2n) is 10.9. The van der Waals surface area contributed by atoms with Crippen LogP contribution in [0.1, 0.15) is 24.8 Å². The molecule has 8 heteroatoms. The minimum Gasteiger partial charge on any atom is -0.496 e. The number of aromatic amines is 1. The minimum absolute atomic E-state index is 0.628. The monoisotopic (exact) mass is 520 g/mol. The van der Waals surface area contributed by atoms with Crippen molar-refractivity contribution in [3.63, 3.8) is 0 Å². The Bertz CT molecular complexity index is 1300. The number of benzene rings is 1. The molecule has 2 fully saturated rings. The lowest BCUT2D eigenvalue weighted by atomic mass is 9.80. The number of H-pyrrole nitrogens is 1. The van der Waals surface area contributed by atoms with E-state index in [1.54, 1.807) is 13.3 Å². The molecule has 1 aliphatic heterocycles. The van der Waals surface area contributed by atoms with E-state index in [9.17, 15) is 0 Å². The van der Waals surface area contributed by atoms with E-state index in [1.807, 2.05) is 0 Å². The van der Waals surface area contributed by atoms with E-state index in [4.69, 9.17) is 27.1 Å². The molecule has 2 bridgehead atoms. The number of rotatable bonds is 8. The molecule has 196 valence electrons. The molecule has 3 aliphatic rings. The molecule has 2 aromatic heterocycles. The second kappa shape index (κ2) is 10.3. The smallest absolute Gasteiger partial charge is 0.178 e. The molecule has 1 saturated carbocycles. The van der Waals surface area contributed by atoms with Gasteiger partial charge in [-0.05, 0) is 80.6 Å². The first-order valence-corrected chi connectivity index (χ1v) is 14.0. The molecule has 2 aliphatic carbocycles. The fourth-order valence-corrected chi connectivity index (χ4v) is 7.05. The maximum absolute atomic E-state index is 6.67. The van der Waals surface area contributed by atoms with E-state index < -0.39 is 0 Å². The van der Waals surface area contributed by atoms with Crippen molar-refractivity contribution in [2.75, 3.05) is 51.8 Å². The number of nitrogens with zero attached hydrogens (tertiary/aromatic N) is 4. The van der Waals surface area contributed by atoms with Gasteiger partial charge in [-0.3, -0.25) is 0 Å². The van der Waals surface area contributed by atoms with Crippen LogP contribution in [0, 0.1) is 23.7 Å². The lowest BCUT2D eigenvalue weighted by Gasteiger charge is -2.34. The highest BCUT2D eigenvalue weighted by Gasteiger charge is 2.42. The van der Waals surface area contributed by atoms with Crippen LogP contribution >= 0.6 is 11.6 Å². The molecule has 3 heterocycles. The summed E-state index contributed by atoms with van der Waals surface area (Å²) >= 11 is 6.67. The van der Waals surface area contributed by atoms with Crippen molar-refractivity contribution in [3.8, 4) is 17.1 Å². The Morgan fingerprint density at radius 2 is 1.92 bits per heavy atom. The number of aromatic nitrogens is 3. The first-order valence-electron chi connectivity index (χ1n) is 13.6. The van der Waals surface area contributed by atoms with Crippen LogP contribution in [0.5, 0.6) is 5.75 Å². The van der Waals surface area contributed by atoms with Crippen LogP contribution in [0.2, 0.25) is 5.02 Å². The number of imidazole rings is 1. The van der Waals surface area contributed by atoms with Gasteiger partial charge >= 0.3 is 0 Å². The van der Waals surface area contributed by atoms with Gasteiger partial charge in [0, 0.05) is 44.1 Å². The largest absolute Gasteiger partial charge is 0.496 e. The number of methoxy groups -OCH3 is 1. The molecule has 0 amide bonds. The van der Waals surface area contributed by atoms with Gasteiger partial charge in [0.15, 0.2) is 5.65 Å². The molecular weight excluding hydrogens is 484 g/mol. The molecule has 6 rings (SSSR count). The van der Waals surface area contributed by atoms with Crippen LogP contribution < -0.4 is 15.4 Å². The van der Waals surface area contributed by atoms with E-state index in [0.29, 0.717) is 34.3 Å². The fraction of sp³-hybridized carbons (Fsp3) is 0.517. The number of aryl methyl sites for hydroxylation is 1. The number of likely N-dealkylation sites (N-methyl/N-ethyl adjacent to an activating group) is 1. The van der Waals surface area contributed by atoms with Gasteiger partial charge in [0.05, 0.1) is 23.2 Å². The fourth-order valence-electron chi connectivity index (χ4n) is 6.81. The average Bonchev–Trinajstić information content (AvgIpc) is 3.65. The van der Waals surface area contributed by atoms with Crippen LogP contribution in [-0.2, 0) is 6.42 Å². The SMILES string of the molecule is COc1cc(N2CCN(C)CC2)ccc1-c1nc2ncc(Cl)c(CCCC3C4C=CC(C4)C3CN)c2[nH]1. The van der Waals surface area contributed by atoms with E-state index in [-0.39, 0.29) is 0 Å². The summed E-state index contributed by atoms with van der Waals surface area (Å²) in [5.41, 5.74) is 11.0. The summed E-state index contributed by atoms with van der Waals surface area (Å²) in [4.78, 5) is 17.7. The Morgan fingerprint density at radius 1 is 1.14 bits per heavy atom. The average molecular weight is 521 g/mol. The lowest BCUT2D eigenvalue weighted by molar-refractivity contribution is 0.293. The maximum atomic E-state index is 6.67. The molecule has 1 saturated heterocycles. The minimum atomic E-state index is 0.628. The number of anilines is 1. The summed E-state index contributed by atoms with van der Waals surface area (Å²) in [6, 6.07) is 6.38. The summed E-state index contributed by atoms with van der Waals surface area (Å²) in [6.07, 6.45) is 11.0. The Hall–Kier alpha value is -2.61. The summed E-state index contributed by atoms with van der Waals surface area (Å²) in [6.45, 7) is 4.94. The third kappa shape index (κ3) is 4.62. The highest BCUT2D eigenvalue weighted by atomic mass is 35.5. The summed E-state index contributed by atoms with van der Waals surface area (Å²) in [5.74, 6) is 4.27. The Balaban J connectivity index is 1.22. The first-order chi connectivity index (χ1) is 18.1. The van der Waals surface area contributed by atoms with Crippen molar-refractivity contribution >= 4 is 28.5 Å². The quantitative estimate of drug-likeness (QED) is 0.417. The molecule has 0 radical (unpaired) electrons. The van der Waals surface area contributed by atoms with Gasteiger partial charge in [-0.25, -0.2) is 9.97 Å². The van der Waals surface area contributed by atoms with Gasteiger partial charge < -0.3 is 25.3 Å². The van der Waals surface area contributed by atoms with Crippen molar-refractivity contribution in [2.24, 2.45) is 29.4 Å². The van der Waals surface area contributed by atoms with Crippen molar-refractivity contribution in [1.29, 1.82) is 0 Å². The zero-order chi connectivity index (χ0) is 25.5. The number of allylic oxidation sites excluding steroid dienone is 2. The lowest BCUT2D eigenvalue weighted by Crippen LogP contribution is -2.44. The normalized spacial score (nSPS) is 25.5. The third-order valence-electron chi connectivity index (χ3n) is 8.92. The molecule has 3 aromatic rings. The summed E-state index contributed by atoms with van der Waals surface area (Å²) < 4.78 is 5.81. The number of halogens is 1. The predicted octanol–water partition coefficient (Wildman–Crippen LogP) is 4.76. The van der Waals surface area contributed by atoms with Gasteiger partial charge in [-0.15, -0.1) is 0 Å². The van der Waals surface area contributed by atoms with Gasteiger partial charge in [0.2, 0.25) is 0 Å². The number of fused-ring (bicyclic) bond motifs is 3. The molecule has 7 nitrogen and oxygen atoms in total. The number of nitrogens with two attached hydrogens (primary N) is 1. The number of pyridine rings is 1. The molecule has 4 unspecified atom stereocenters. The van der Waals surface area contributed by atoms with E-state index >= 15 is 0 Å². The van der Waals surface area contributed by atoms with Crippen molar-refractivity contribution < 1.29 is 4.74 Å². The topological polar surface area (TPSA) is 83.3 Å². The van der Waals surface area contributed by atoms with Gasteiger partial charge in [0.1, 0.15) is 11.6 Å². The Kier molecular flexibility index (Phi) is 6.86. The molecule has 0 spiro atoms. The first kappa shape index (κ1) is 24.7. The van der Waals surface area contributed by atoms with E-state index in [0.717, 1.165) is 73.8 Å². The van der Waals surface area contributed by atoms with Crippen molar-refractivity contribution in [2.45, 2.75) is 25.7 Å². The van der Waals surface area contributed by atoms with E-state index in [1.165, 1.54) is 18.5 Å². The highest BCUT2D eigenvalue weighted by molar-refractivity contribution is 6.32. The molecular formula is C29H37ClN6O. The van der Waals surface area contributed by atoms with Gasteiger partial charge in [-0.1, -0.05) is 23.8 Å². The predicted molar refractivity (Wildman–Crippen MR) is 150 cm³/mol. The van der Waals surface area contributed by atoms with Crippen LogP contribution in [0.3, 0.4) is 0 Å². The third-order valence-corrected chi connectivity index (χ3v) is 9.25. The maximum Gasteiger partial charge on any atom is 0.178 e. The number of nitrogens with one attached hydrogen (secondary N) is 1. The van der Waals surface area contributed by atoms with E-state index in [2.05, 4.69) is 57.2 Å². The van der Waals surface area contributed by atoms with Gasteiger partial charge in [-0.2, -0.15) is 0 Å². The molecule has 37 heavy (non-hydrogen) atoms. The van der Waals surface area contributed by atoms with Crippen LogP contribution in [0.15, 0.2) is 36.5 Å². The van der Waals surface area contributed by atoms with Crippen LogP contribution in [0.25, 0.3) is 22.6 Å². The number of ether oxygens (including phenoxy) is 1. The van der Waals surface area contributed by atoms with Crippen LogP contribution in [-0.4, -0.2) is 66.7 Å². The van der Waals surface area contributed by atoms with Gasteiger partial charge in [0.25, 0.3) is 0 Å². The molecule has 1 aromatic carbocycles. The zero-order valence-corrected chi connectivity index (χ0v) is 22.5. The Labute approximate surface area is 224 Å². The van der Waals surface area contributed by atoms with Crippen molar-refractivity contribution in [1.82, 2.24) is 19.9 Å². The highest BCUT2D eigenvalue weighted by Crippen LogP contribution is 2.49. The zero-order valence-electron chi connectivity index (χ0n) is 21.8. The van der Waals surface area contributed by atoms with Crippen LogP contribution in [0.4, 0.5) is 5.69 Å². The number of piperazine rings is 1. The molecule has 3 N–H and O–H groups in total.